The Morgan fingerprint density at radius 3 is 2.55 bits per heavy atom. The molecule has 1 N–H and O–H groups in total. The second-order valence-corrected chi connectivity index (χ2v) is 4.97. The lowest BCUT2D eigenvalue weighted by atomic mass is 10.1. The van der Waals surface area contributed by atoms with E-state index in [4.69, 9.17) is 0 Å². The van der Waals surface area contributed by atoms with Crippen molar-refractivity contribution in [3.63, 3.8) is 0 Å². The summed E-state index contributed by atoms with van der Waals surface area (Å²) in [6.07, 6.45) is 1.71. The van der Waals surface area contributed by atoms with E-state index in [-0.39, 0.29) is 11.8 Å². The summed E-state index contributed by atoms with van der Waals surface area (Å²) in [5.74, 6) is 0.0771. The fourth-order valence-corrected chi connectivity index (χ4v) is 2.48. The predicted molar refractivity (Wildman–Crippen MR) is 74.3 cm³/mol. The number of H-pyrrole nitrogens is 1. The number of amides is 2. The predicted octanol–water partition coefficient (Wildman–Crippen LogP) is 0.867. The SMILES string of the molecule is CC(=O)N1CCN(C(=O)c2ccc3[nH]ncc3c2)CC1. The van der Waals surface area contributed by atoms with Crippen LogP contribution in [0.3, 0.4) is 0 Å². The molecule has 20 heavy (non-hydrogen) atoms. The fraction of sp³-hybridized carbons (Fsp3) is 0.357. The van der Waals surface area contributed by atoms with Gasteiger partial charge in [0.1, 0.15) is 0 Å². The lowest BCUT2D eigenvalue weighted by Gasteiger charge is -2.34. The molecule has 1 aliphatic rings. The molecule has 0 aliphatic carbocycles. The monoisotopic (exact) mass is 272 g/mol. The van der Waals surface area contributed by atoms with E-state index in [9.17, 15) is 9.59 Å². The minimum atomic E-state index is 0.0105. The summed E-state index contributed by atoms with van der Waals surface area (Å²) in [6, 6.07) is 5.51. The topological polar surface area (TPSA) is 69.3 Å². The molecule has 0 bridgehead atoms. The van der Waals surface area contributed by atoms with E-state index in [1.54, 1.807) is 29.0 Å². The molecule has 1 saturated heterocycles. The number of piperazine rings is 1. The summed E-state index contributed by atoms with van der Waals surface area (Å²) in [5, 5.41) is 7.74. The zero-order valence-electron chi connectivity index (χ0n) is 11.3. The summed E-state index contributed by atoms with van der Waals surface area (Å²) in [5.41, 5.74) is 1.58. The van der Waals surface area contributed by atoms with Crippen LogP contribution in [-0.4, -0.2) is 58.0 Å². The van der Waals surface area contributed by atoms with E-state index in [2.05, 4.69) is 10.2 Å². The Morgan fingerprint density at radius 2 is 1.85 bits per heavy atom. The van der Waals surface area contributed by atoms with Crippen molar-refractivity contribution in [1.82, 2.24) is 20.0 Å². The van der Waals surface area contributed by atoms with E-state index >= 15 is 0 Å². The standard InChI is InChI=1S/C14H16N4O2/c1-10(19)17-4-6-18(7-5-17)14(20)11-2-3-13-12(8-11)9-15-16-13/h2-3,8-9H,4-7H2,1H3,(H,15,16). The second kappa shape index (κ2) is 4.96. The summed E-state index contributed by atoms with van der Waals surface area (Å²) >= 11 is 0. The summed E-state index contributed by atoms with van der Waals surface area (Å²) in [4.78, 5) is 27.3. The van der Waals surface area contributed by atoms with Gasteiger partial charge >= 0.3 is 0 Å². The van der Waals surface area contributed by atoms with Crippen LogP contribution in [0.5, 0.6) is 0 Å². The maximum Gasteiger partial charge on any atom is 0.253 e. The number of fused-ring (bicyclic) bond motifs is 1. The van der Waals surface area contributed by atoms with Gasteiger partial charge in [0, 0.05) is 44.1 Å². The Labute approximate surface area is 116 Å². The van der Waals surface area contributed by atoms with Gasteiger partial charge in [0.15, 0.2) is 0 Å². The molecular weight excluding hydrogens is 256 g/mol. The first kappa shape index (κ1) is 12.7. The van der Waals surface area contributed by atoms with Crippen molar-refractivity contribution >= 4 is 22.7 Å². The number of aromatic amines is 1. The molecular formula is C14H16N4O2. The molecule has 0 unspecified atom stereocenters. The number of aromatic nitrogens is 2. The first-order chi connectivity index (χ1) is 9.65. The zero-order valence-corrected chi connectivity index (χ0v) is 11.3. The minimum Gasteiger partial charge on any atom is -0.339 e. The van der Waals surface area contributed by atoms with E-state index in [1.807, 2.05) is 12.1 Å². The highest BCUT2D eigenvalue weighted by Gasteiger charge is 2.23. The molecule has 1 aromatic carbocycles. The first-order valence-electron chi connectivity index (χ1n) is 6.63. The number of nitrogens with one attached hydrogen (secondary N) is 1. The first-order valence-corrected chi connectivity index (χ1v) is 6.63. The van der Waals surface area contributed by atoms with Crippen LogP contribution < -0.4 is 0 Å². The zero-order chi connectivity index (χ0) is 14.1. The van der Waals surface area contributed by atoms with E-state index in [0.29, 0.717) is 31.7 Å². The van der Waals surface area contributed by atoms with Gasteiger partial charge in [-0.3, -0.25) is 14.7 Å². The Kier molecular flexibility index (Phi) is 3.14. The van der Waals surface area contributed by atoms with Crippen molar-refractivity contribution < 1.29 is 9.59 Å². The van der Waals surface area contributed by atoms with Crippen LogP contribution >= 0.6 is 0 Å². The molecule has 104 valence electrons. The number of hydrogen-bond donors (Lipinski definition) is 1. The molecule has 0 saturated carbocycles. The Bertz CT molecular complexity index is 656. The van der Waals surface area contributed by atoms with Crippen LogP contribution in [0.2, 0.25) is 0 Å². The third-order valence-electron chi connectivity index (χ3n) is 3.70. The van der Waals surface area contributed by atoms with Gasteiger partial charge in [0.2, 0.25) is 5.91 Å². The molecule has 6 nitrogen and oxygen atoms in total. The van der Waals surface area contributed by atoms with Crippen LogP contribution in [0.15, 0.2) is 24.4 Å². The van der Waals surface area contributed by atoms with Crippen LogP contribution in [0.4, 0.5) is 0 Å². The molecule has 2 aromatic rings. The Balaban J connectivity index is 1.74. The maximum absolute atomic E-state index is 12.4. The number of carbonyl (C=O) groups excluding carboxylic acids is 2. The molecule has 6 heteroatoms. The third kappa shape index (κ3) is 2.24. The summed E-state index contributed by atoms with van der Waals surface area (Å²) in [6.45, 7) is 3.94. The normalized spacial score (nSPS) is 15.7. The van der Waals surface area contributed by atoms with Gasteiger partial charge in [0.05, 0.1) is 11.7 Å². The smallest absolute Gasteiger partial charge is 0.253 e. The van der Waals surface area contributed by atoms with Crippen molar-refractivity contribution in [2.75, 3.05) is 26.2 Å². The van der Waals surface area contributed by atoms with Gasteiger partial charge in [-0.2, -0.15) is 5.10 Å². The van der Waals surface area contributed by atoms with E-state index < -0.39 is 0 Å². The van der Waals surface area contributed by atoms with Crippen LogP contribution in [-0.2, 0) is 4.79 Å². The second-order valence-electron chi connectivity index (χ2n) is 4.97. The average Bonchev–Trinajstić information content (AvgIpc) is 2.94. The average molecular weight is 272 g/mol. The van der Waals surface area contributed by atoms with Gasteiger partial charge < -0.3 is 9.80 Å². The molecule has 3 rings (SSSR count). The fourth-order valence-electron chi connectivity index (χ4n) is 2.48. The van der Waals surface area contributed by atoms with Crippen molar-refractivity contribution in [2.24, 2.45) is 0 Å². The Hall–Kier alpha value is -2.37. The van der Waals surface area contributed by atoms with E-state index in [1.165, 1.54) is 0 Å². The third-order valence-corrected chi connectivity index (χ3v) is 3.70. The lowest BCUT2D eigenvalue weighted by molar-refractivity contribution is -0.130. The van der Waals surface area contributed by atoms with E-state index in [0.717, 1.165) is 10.9 Å². The van der Waals surface area contributed by atoms with Crippen LogP contribution in [0, 0.1) is 0 Å². The maximum atomic E-state index is 12.4. The molecule has 0 atom stereocenters. The van der Waals surface area contributed by atoms with Crippen molar-refractivity contribution in [3.05, 3.63) is 30.0 Å². The highest BCUT2D eigenvalue weighted by molar-refractivity contribution is 5.98. The quantitative estimate of drug-likeness (QED) is 0.837. The molecule has 2 amide bonds. The Morgan fingerprint density at radius 1 is 1.15 bits per heavy atom. The minimum absolute atomic E-state index is 0.0105. The number of benzene rings is 1. The van der Waals surface area contributed by atoms with Gasteiger partial charge in [-0.15, -0.1) is 0 Å². The van der Waals surface area contributed by atoms with Gasteiger partial charge in [0.25, 0.3) is 5.91 Å². The van der Waals surface area contributed by atoms with Gasteiger partial charge in [-0.25, -0.2) is 0 Å². The van der Waals surface area contributed by atoms with Crippen molar-refractivity contribution in [1.29, 1.82) is 0 Å². The number of nitrogens with zero attached hydrogens (tertiary/aromatic N) is 3. The molecule has 2 heterocycles. The van der Waals surface area contributed by atoms with Crippen LogP contribution in [0.25, 0.3) is 10.9 Å². The van der Waals surface area contributed by atoms with Crippen molar-refractivity contribution in [2.45, 2.75) is 6.92 Å². The molecule has 1 aliphatic heterocycles. The van der Waals surface area contributed by atoms with Crippen molar-refractivity contribution in [3.8, 4) is 0 Å². The van der Waals surface area contributed by atoms with Gasteiger partial charge in [-0.05, 0) is 18.2 Å². The molecule has 0 radical (unpaired) electrons. The largest absolute Gasteiger partial charge is 0.339 e. The molecule has 0 spiro atoms. The van der Waals surface area contributed by atoms with Gasteiger partial charge in [-0.1, -0.05) is 0 Å². The molecule has 1 aromatic heterocycles. The highest BCUT2D eigenvalue weighted by atomic mass is 16.2. The highest BCUT2D eigenvalue weighted by Crippen LogP contribution is 2.15. The molecule has 1 fully saturated rings. The lowest BCUT2D eigenvalue weighted by Crippen LogP contribution is -2.50. The number of rotatable bonds is 1. The number of carbonyl (C=O) groups is 2. The van der Waals surface area contributed by atoms with Crippen LogP contribution in [0.1, 0.15) is 17.3 Å². The summed E-state index contributed by atoms with van der Waals surface area (Å²) < 4.78 is 0. The number of hydrogen-bond acceptors (Lipinski definition) is 3. The summed E-state index contributed by atoms with van der Waals surface area (Å²) in [7, 11) is 0.